The number of benzene rings is 2. The van der Waals surface area contributed by atoms with Crippen LogP contribution in [0.25, 0.3) is 0 Å². The molecule has 0 aromatic heterocycles. The average Bonchev–Trinajstić information content (AvgIpc) is 3.75. The molecule has 0 saturated heterocycles. The van der Waals surface area contributed by atoms with Crippen molar-refractivity contribution in [1.82, 2.24) is 10.6 Å². The zero-order valence-electron chi connectivity index (χ0n) is 24.2. The van der Waals surface area contributed by atoms with Gasteiger partial charge in [-0.1, -0.05) is 80.6 Å². The standard InChI is InChI=1S/C20H26N2O3.C9H10.C2H5NO.C2H6/c21-19(24)16(8-13-4-2-1-3-5-13)11-17(23)12-22-20(25)18-10-14-6-7-15(18)9-14;1-2-5-9-7-3-6-8(9)4-1;1-3-2-4;1-2/h1-7,14-18,23H,8-12H2,(H2,21,24)(H,22,25);1-2,4-5H,3,6-7H2;2H,1H3,(H,3,4);1-2H3/t14-,15+,16-,17+,18?;;;/m1.../s1. The summed E-state index contributed by atoms with van der Waals surface area (Å²) in [6, 6.07) is 18.3. The van der Waals surface area contributed by atoms with Gasteiger partial charge in [0.15, 0.2) is 0 Å². The molecule has 3 aliphatic carbocycles. The minimum atomic E-state index is -0.778. The fraction of sp³-hybridized carbons (Fsp3) is 0.485. The third kappa shape index (κ3) is 10.6. The summed E-state index contributed by atoms with van der Waals surface area (Å²) in [7, 11) is 1.56. The van der Waals surface area contributed by atoms with Crippen molar-refractivity contribution in [2.45, 2.75) is 64.9 Å². The van der Waals surface area contributed by atoms with Gasteiger partial charge in [-0.15, -0.1) is 0 Å². The van der Waals surface area contributed by atoms with Crippen molar-refractivity contribution in [2.24, 2.45) is 29.4 Å². The van der Waals surface area contributed by atoms with Crippen LogP contribution in [0.2, 0.25) is 0 Å². The topological polar surface area (TPSA) is 122 Å². The Morgan fingerprint density at radius 2 is 1.60 bits per heavy atom. The van der Waals surface area contributed by atoms with E-state index < -0.39 is 17.9 Å². The Bertz CT molecular complexity index is 1050. The first-order valence-corrected chi connectivity index (χ1v) is 14.6. The maximum absolute atomic E-state index is 12.3. The smallest absolute Gasteiger partial charge is 0.223 e. The van der Waals surface area contributed by atoms with E-state index >= 15 is 0 Å². The normalized spacial score (nSPS) is 20.6. The molecule has 0 aliphatic heterocycles. The lowest BCUT2D eigenvalue weighted by atomic mass is 9.92. The van der Waals surface area contributed by atoms with Crippen LogP contribution in [-0.4, -0.2) is 43.0 Å². The number of allylic oxidation sites excluding steroid dienone is 2. The Morgan fingerprint density at radius 3 is 2.10 bits per heavy atom. The zero-order chi connectivity index (χ0) is 29.3. The first-order chi connectivity index (χ1) is 19.4. The van der Waals surface area contributed by atoms with E-state index in [2.05, 4.69) is 47.1 Å². The summed E-state index contributed by atoms with van der Waals surface area (Å²) in [6.45, 7) is 4.16. The molecule has 2 aromatic carbocycles. The van der Waals surface area contributed by atoms with E-state index in [1.54, 1.807) is 18.2 Å². The number of carbonyl (C=O) groups excluding carboxylic acids is 3. The van der Waals surface area contributed by atoms with Crippen LogP contribution < -0.4 is 16.4 Å². The number of aliphatic hydroxyl groups is 1. The lowest BCUT2D eigenvalue weighted by molar-refractivity contribution is -0.126. The van der Waals surface area contributed by atoms with E-state index in [0.717, 1.165) is 18.4 Å². The number of aliphatic hydroxyl groups excluding tert-OH is 1. The highest BCUT2D eigenvalue weighted by atomic mass is 16.3. The first-order valence-electron chi connectivity index (χ1n) is 14.6. The molecule has 5 atom stereocenters. The number of rotatable bonds is 9. The quantitative estimate of drug-likeness (QED) is 0.279. The molecule has 7 nitrogen and oxygen atoms in total. The number of carbonyl (C=O) groups is 3. The predicted molar refractivity (Wildman–Crippen MR) is 160 cm³/mol. The minimum absolute atomic E-state index is 0.00887. The van der Waals surface area contributed by atoms with Crippen molar-refractivity contribution in [3.8, 4) is 0 Å². The van der Waals surface area contributed by atoms with Crippen LogP contribution in [0.5, 0.6) is 0 Å². The molecule has 7 heteroatoms. The molecule has 40 heavy (non-hydrogen) atoms. The maximum atomic E-state index is 12.3. The largest absolute Gasteiger partial charge is 0.391 e. The van der Waals surface area contributed by atoms with Gasteiger partial charge in [0.25, 0.3) is 0 Å². The van der Waals surface area contributed by atoms with E-state index in [9.17, 15) is 14.7 Å². The van der Waals surface area contributed by atoms with Gasteiger partial charge in [-0.05, 0) is 73.5 Å². The Balaban J connectivity index is 0.000000305. The summed E-state index contributed by atoms with van der Waals surface area (Å²) < 4.78 is 0. The van der Waals surface area contributed by atoms with Crippen molar-refractivity contribution < 1.29 is 19.5 Å². The molecular weight excluding hydrogens is 502 g/mol. The highest BCUT2D eigenvalue weighted by Crippen LogP contribution is 2.43. The molecule has 5 rings (SSSR count). The summed E-state index contributed by atoms with van der Waals surface area (Å²) in [5.41, 5.74) is 9.63. The van der Waals surface area contributed by atoms with Gasteiger partial charge in [0.05, 0.1) is 6.10 Å². The van der Waals surface area contributed by atoms with Gasteiger partial charge in [0.1, 0.15) is 0 Å². The fourth-order valence-corrected chi connectivity index (χ4v) is 5.56. The Hall–Kier alpha value is -3.45. The van der Waals surface area contributed by atoms with Crippen LogP contribution in [0.1, 0.15) is 56.2 Å². The summed E-state index contributed by atoms with van der Waals surface area (Å²) in [5.74, 6) is 0.0506. The molecule has 2 bridgehead atoms. The van der Waals surface area contributed by atoms with E-state index in [-0.39, 0.29) is 24.8 Å². The molecule has 2 aromatic rings. The van der Waals surface area contributed by atoms with E-state index in [1.807, 2.05) is 44.2 Å². The van der Waals surface area contributed by atoms with Gasteiger partial charge in [0, 0.05) is 25.4 Å². The molecular formula is C33H47N3O4. The van der Waals surface area contributed by atoms with Gasteiger partial charge in [0.2, 0.25) is 18.2 Å². The van der Waals surface area contributed by atoms with Crippen molar-refractivity contribution in [3.05, 3.63) is 83.4 Å². The van der Waals surface area contributed by atoms with Crippen LogP contribution in [0.15, 0.2) is 66.7 Å². The molecule has 5 N–H and O–H groups in total. The molecule has 0 heterocycles. The van der Waals surface area contributed by atoms with Gasteiger partial charge in [-0.25, -0.2) is 0 Å². The number of nitrogens with one attached hydrogen (secondary N) is 2. The Morgan fingerprint density at radius 1 is 1.00 bits per heavy atom. The number of aryl methyl sites for hydroxylation is 2. The van der Waals surface area contributed by atoms with E-state index in [0.29, 0.717) is 24.7 Å². The molecule has 1 saturated carbocycles. The summed E-state index contributed by atoms with van der Waals surface area (Å²) in [5, 5.41) is 15.3. The third-order valence-electron chi connectivity index (χ3n) is 7.54. The highest BCUT2D eigenvalue weighted by Gasteiger charge is 2.39. The minimum Gasteiger partial charge on any atom is -0.391 e. The van der Waals surface area contributed by atoms with Crippen LogP contribution in [0.4, 0.5) is 0 Å². The Kier molecular flexibility index (Phi) is 14.7. The van der Waals surface area contributed by atoms with Gasteiger partial charge < -0.3 is 21.5 Å². The van der Waals surface area contributed by atoms with Gasteiger partial charge >= 0.3 is 0 Å². The van der Waals surface area contributed by atoms with Crippen molar-refractivity contribution in [2.75, 3.05) is 13.6 Å². The number of fused-ring (bicyclic) bond motifs is 3. The average molecular weight is 550 g/mol. The molecule has 1 fully saturated rings. The van der Waals surface area contributed by atoms with Gasteiger partial charge in [-0.2, -0.15) is 0 Å². The van der Waals surface area contributed by atoms with Crippen LogP contribution in [-0.2, 0) is 33.6 Å². The van der Waals surface area contributed by atoms with Crippen molar-refractivity contribution in [1.29, 1.82) is 0 Å². The van der Waals surface area contributed by atoms with Crippen LogP contribution in [0, 0.1) is 23.7 Å². The summed E-state index contributed by atoms with van der Waals surface area (Å²) >= 11 is 0. The number of nitrogens with two attached hydrogens (primary N) is 1. The number of amides is 3. The van der Waals surface area contributed by atoms with Crippen molar-refractivity contribution >= 4 is 18.2 Å². The monoisotopic (exact) mass is 549 g/mol. The second-order valence-electron chi connectivity index (χ2n) is 10.3. The lowest BCUT2D eigenvalue weighted by Gasteiger charge is -2.21. The molecule has 218 valence electrons. The molecule has 0 radical (unpaired) electrons. The number of hydrogen-bond acceptors (Lipinski definition) is 4. The molecule has 0 spiro atoms. The van der Waals surface area contributed by atoms with Crippen LogP contribution in [0.3, 0.4) is 0 Å². The third-order valence-corrected chi connectivity index (χ3v) is 7.54. The van der Waals surface area contributed by atoms with Crippen LogP contribution >= 0.6 is 0 Å². The SMILES string of the molecule is CC.CNC=O.NC(=O)[C@H](Cc1ccccc1)C[C@H](O)CNC(=O)C1C[C@@H]2C=C[C@H]1C2.c1ccc2c(c1)CCC2. The van der Waals surface area contributed by atoms with E-state index in [4.69, 9.17) is 10.5 Å². The first kappa shape index (κ1) is 32.8. The predicted octanol–water partition coefficient (Wildman–Crippen LogP) is 3.97. The van der Waals surface area contributed by atoms with Crippen molar-refractivity contribution in [3.63, 3.8) is 0 Å². The summed E-state index contributed by atoms with van der Waals surface area (Å²) in [4.78, 5) is 33.1. The second kappa shape index (κ2) is 18.0. The Labute approximate surface area is 239 Å². The van der Waals surface area contributed by atoms with E-state index in [1.165, 1.54) is 19.3 Å². The summed E-state index contributed by atoms with van der Waals surface area (Å²) in [6.07, 6.45) is 10.9. The highest BCUT2D eigenvalue weighted by molar-refractivity contribution is 5.80. The number of hydrogen-bond donors (Lipinski definition) is 4. The second-order valence-corrected chi connectivity index (χ2v) is 10.3. The molecule has 3 amide bonds. The fourth-order valence-electron chi connectivity index (χ4n) is 5.56. The zero-order valence-corrected chi connectivity index (χ0v) is 24.2. The lowest BCUT2D eigenvalue weighted by Crippen LogP contribution is -2.39. The molecule has 3 aliphatic rings. The number of primary amides is 1. The maximum Gasteiger partial charge on any atom is 0.223 e. The van der Waals surface area contributed by atoms with Gasteiger partial charge in [-0.3, -0.25) is 14.4 Å². The molecule has 1 unspecified atom stereocenters.